The lowest BCUT2D eigenvalue weighted by Crippen LogP contribution is -2.14. The van der Waals surface area contributed by atoms with Crippen molar-refractivity contribution in [1.82, 2.24) is 0 Å². The van der Waals surface area contributed by atoms with Gasteiger partial charge >= 0.3 is 23.9 Å². The number of carbonyl (C=O) groups excluding carboxylic acids is 4. The van der Waals surface area contributed by atoms with Gasteiger partial charge in [-0.2, -0.15) is 0 Å². The minimum atomic E-state index is -0.707. The minimum Gasteiger partial charge on any atom is -0.492 e. The van der Waals surface area contributed by atoms with Gasteiger partial charge in [0.25, 0.3) is 0 Å². The van der Waals surface area contributed by atoms with Crippen molar-refractivity contribution in [3.05, 3.63) is 91.9 Å². The Morgan fingerprint density at radius 1 is 0.457 bits per heavy atom. The van der Waals surface area contributed by atoms with Crippen LogP contribution in [0, 0.1) is 0 Å². The highest BCUT2D eigenvalue weighted by atomic mass is 16.6. The van der Waals surface area contributed by atoms with E-state index in [1.807, 2.05) is 0 Å². The molecule has 0 saturated heterocycles. The zero-order valence-corrected chi connectivity index (χ0v) is 27.2. The molecule has 0 amide bonds. The van der Waals surface area contributed by atoms with E-state index in [1.54, 1.807) is 64.1 Å². The van der Waals surface area contributed by atoms with Crippen LogP contribution in [0.15, 0.2) is 80.7 Å². The van der Waals surface area contributed by atoms with Crippen LogP contribution in [0.1, 0.15) is 38.8 Å². The van der Waals surface area contributed by atoms with Crippen LogP contribution >= 0.6 is 0 Å². The normalized spacial score (nSPS) is 14.3. The Kier molecular flexibility index (Phi) is 12.4. The Bertz CT molecular complexity index is 1360. The molecule has 0 N–H and O–H groups in total. The molecule has 0 bridgehead atoms. The lowest BCUT2D eigenvalue weighted by molar-refractivity contribution is -0.140. The van der Waals surface area contributed by atoms with Crippen molar-refractivity contribution in [3.8, 4) is 0 Å². The van der Waals surface area contributed by atoms with Gasteiger partial charge in [-0.25, -0.2) is 19.2 Å². The first kappa shape index (κ1) is 35.2. The van der Waals surface area contributed by atoms with Gasteiger partial charge in [0.05, 0.1) is 54.9 Å². The fourth-order valence-electron chi connectivity index (χ4n) is 4.91. The average molecular weight is 639 g/mol. The van der Waals surface area contributed by atoms with Crippen molar-refractivity contribution in [2.24, 2.45) is 0 Å². The highest BCUT2D eigenvalue weighted by molar-refractivity contribution is 6.10. The monoisotopic (exact) mass is 638 g/mol. The zero-order valence-electron chi connectivity index (χ0n) is 27.2. The highest BCUT2D eigenvalue weighted by Gasteiger charge is 2.41. The van der Waals surface area contributed by atoms with Gasteiger partial charge in [0.15, 0.2) is 23.0 Å². The van der Waals surface area contributed by atoms with Gasteiger partial charge < -0.3 is 37.9 Å². The Morgan fingerprint density at radius 3 is 0.848 bits per heavy atom. The summed E-state index contributed by atoms with van der Waals surface area (Å²) in [5, 5.41) is 0. The first-order valence-corrected chi connectivity index (χ1v) is 14.5. The van der Waals surface area contributed by atoms with Gasteiger partial charge in [-0.1, -0.05) is 24.3 Å². The van der Waals surface area contributed by atoms with E-state index in [0.717, 1.165) is 0 Å². The van der Waals surface area contributed by atoms with Gasteiger partial charge in [-0.3, -0.25) is 0 Å². The molecular formula is C34H38O12. The zero-order chi connectivity index (χ0) is 34.0. The standard InChI is InChI=1S/C34H38O12/c1-9-43-31(35)23-21(24(32(36)44-10-2)28(40-6)27(23)39-5)17-19-13-15-20(16-14-19)18-22-25(33(37)45-11-3)29(41-7)30(42-8)26(22)34(38)46-12-4/h13-18H,9-12H2,1-8H3. The third-order valence-electron chi connectivity index (χ3n) is 6.69. The molecule has 1 aromatic rings. The van der Waals surface area contributed by atoms with E-state index in [9.17, 15) is 19.2 Å². The number of benzene rings is 1. The topological polar surface area (TPSA) is 142 Å². The van der Waals surface area contributed by atoms with Crippen LogP contribution in [0.3, 0.4) is 0 Å². The molecule has 0 atom stereocenters. The van der Waals surface area contributed by atoms with Gasteiger partial charge in [0.1, 0.15) is 22.3 Å². The Balaban J connectivity index is 2.20. The molecule has 12 heteroatoms. The van der Waals surface area contributed by atoms with Crippen molar-refractivity contribution in [2.75, 3.05) is 54.9 Å². The van der Waals surface area contributed by atoms with E-state index < -0.39 is 23.9 Å². The SMILES string of the molecule is CCOC(=O)C1=C(OC)C(OC)=C(C(=O)OCC)C1=Cc1ccc(C=C2C(C(=O)OCC)=C(OC)C(OC)=C2C(=O)OCC)cc1. The number of esters is 4. The van der Waals surface area contributed by atoms with E-state index in [2.05, 4.69) is 0 Å². The quantitative estimate of drug-likeness (QED) is 0.211. The van der Waals surface area contributed by atoms with E-state index in [1.165, 1.54) is 28.4 Å². The third-order valence-corrected chi connectivity index (χ3v) is 6.69. The van der Waals surface area contributed by atoms with Gasteiger partial charge in [-0.05, 0) is 51.0 Å². The number of ether oxygens (including phenoxy) is 8. The summed E-state index contributed by atoms with van der Waals surface area (Å²) in [4.78, 5) is 52.3. The van der Waals surface area contributed by atoms with E-state index in [0.29, 0.717) is 11.1 Å². The second kappa shape index (κ2) is 16.2. The van der Waals surface area contributed by atoms with Crippen molar-refractivity contribution < 1.29 is 57.1 Å². The van der Waals surface area contributed by atoms with Crippen molar-refractivity contribution in [2.45, 2.75) is 27.7 Å². The summed E-state index contributed by atoms with van der Waals surface area (Å²) in [6, 6.07) is 6.86. The fourth-order valence-corrected chi connectivity index (χ4v) is 4.91. The molecule has 2 aliphatic rings. The molecule has 12 nitrogen and oxygen atoms in total. The van der Waals surface area contributed by atoms with Crippen LogP contribution in [0.5, 0.6) is 0 Å². The van der Waals surface area contributed by atoms with E-state index in [4.69, 9.17) is 37.9 Å². The Morgan fingerprint density at radius 2 is 0.674 bits per heavy atom. The molecule has 3 rings (SSSR count). The summed E-state index contributed by atoms with van der Waals surface area (Å²) in [5.41, 5.74) is 1.59. The first-order chi connectivity index (χ1) is 22.2. The second-order valence-corrected chi connectivity index (χ2v) is 9.30. The van der Waals surface area contributed by atoms with Gasteiger partial charge in [-0.15, -0.1) is 0 Å². The molecular weight excluding hydrogens is 600 g/mol. The molecule has 246 valence electrons. The van der Waals surface area contributed by atoms with Crippen molar-refractivity contribution in [1.29, 1.82) is 0 Å². The van der Waals surface area contributed by atoms with Crippen LogP contribution < -0.4 is 0 Å². The lowest BCUT2D eigenvalue weighted by atomic mass is 9.97. The van der Waals surface area contributed by atoms with Crippen LogP contribution in [-0.2, 0) is 57.1 Å². The lowest BCUT2D eigenvalue weighted by Gasteiger charge is -2.11. The summed E-state index contributed by atoms with van der Waals surface area (Å²) >= 11 is 0. The average Bonchev–Trinajstić information content (AvgIpc) is 3.53. The van der Waals surface area contributed by atoms with Gasteiger partial charge in [0.2, 0.25) is 0 Å². The van der Waals surface area contributed by atoms with Crippen LogP contribution in [-0.4, -0.2) is 78.7 Å². The molecule has 0 aromatic heterocycles. The number of carbonyl (C=O) groups is 4. The molecule has 0 fully saturated rings. The first-order valence-electron chi connectivity index (χ1n) is 14.5. The molecule has 0 aliphatic heterocycles. The summed E-state index contributed by atoms with van der Waals surface area (Å²) in [6.45, 7) is 7.00. The van der Waals surface area contributed by atoms with Crippen molar-refractivity contribution >= 4 is 36.0 Å². The number of rotatable bonds is 14. The molecule has 0 unspecified atom stereocenters. The smallest absolute Gasteiger partial charge is 0.342 e. The molecule has 0 heterocycles. The van der Waals surface area contributed by atoms with E-state index >= 15 is 0 Å². The summed E-state index contributed by atoms with van der Waals surface area (Å²) in [5.74, 6) is -2.67. The summed E-state index contributed by atoms with van der Waals surface area (Å²) in [7, 11) is 5.42. The van der Waals surface area contributed by atoms with Crippen molar-refractivity contribution in [3.63, 3.8) is 0 Å². The van der Waals surface area contributed by atoms with Crippen LogP contribution in [0.4, 0.5) is 0 Å². The molecule has 1 aromatic carbocycles. The van der Waals surface area contributed by atoms with Crippen LogP contribution in [0.25, 0.3) is 12.2 Å². The van der Waals surface area contributed by atoms with Crippen LogP contribution in [0.2, 0.25) is 0 Å². The van der Waals surface area contributed by atoms with E-state index in [-0.39, 0.29) is 82.9 Å². The summed E-state index contributed by atoms with van der Waals surface area (Å²) < 4.78 is 43.0. The second-order valence-electron chi connectivity index (χ2n) is 9.30. The summed E-state index contributed by atoms with van der Waals surface area (Å²) in [6.07, 6.45) is 3.21. The molecule has 0 radical (unpaired) electrons. The molecule has 0 spiro atoms. The molecule has 0 saturated carbocycles. The maximum absolute atomic E-state index is 13.1. The fraction of sp³-hybridized carbons (Fsp3) is 0.353. The number of methoxy groups -OCH3 is 4. The third kappa shape index (κ3) is 7.01. The predicted molar refractivity (Wildman–Crippen MR) is 165 cm³/mol. The highest BCUT2D eigenvalue weighted by Crippen LogP contribution is 2.42. The Hall–Kier alpha value is -5.26. The maximum Gasteiger partial charge on any atom is 0.342 e. The minimum absolute atomic E-state index is 0.00836. The number of hydrogen-bond donors (Lipinski definition) is 0. The number of hydrogen-bond acceptors (Lipinski definition) is 12. The molecule has 2 aliphatic carbocycles. The Labute approximate surface area is 267 Å². The predicted octanol–water partition coefficient (Wildman–Crippen LogP) is 4.34. The maximum atomic E-state index is 13.1. The largest absolute Gasteiger partial charge is 0.492 e. The molecule has 46 heavy (non-hydrogen) atoms. The van der Waals surface area contributed by atoms with Gasteiger partial charge in [0, 0.05) is 11.1 Å².